The average molecular weight is 377 g/mol. The first kappa shape index (κ1) is 19.4. The highest BCUT2D eigenvalue weighted by atomic mass is 16.5. The van der Waals surface area contributed by atoms with Crippen molar-refractivity contribution in [1.82, 2.24) is 0 Å². The lowest BCUT2D eigenvalue weighted by Crippen LogP contribution is -2.09. The number of nitrogens with one attached hydrogen (secondary N) is 1. The van der Waals surface area contributed by atoms with Crippen LogP contribution >= 0.6 is 0 Å². The molecule has 0 aliphatic heterocycles. The van der Waals surface area contributed by atoms with Gasteiger partial charge in [0.15, 0.2) is 0 Å². The van der Waals surface area contributed by atoms with E-state index in [4.69, 9.17) is 9.15 Å². The van der Waals surface area contributed by atoms with Crippen molar-refractivity contribution in [2.75, 3.05) is 11.9 Å². The van der Waals surface area contributed by atoms with Crippen LogP contribution in [0, 0.1) is 6.92 Å². The molecule has 1 N–H and O–H groups in total. The number of benzene rings is 2. The van der Waals surface area contributed by atoms with Crippen LogP contribution in [0.1, 0.15) is 41.4 Å². The third-order valence-electron chi connectivity index (χ3n) is 4.21. The van der Waals surface area contributed by atoms with Crippen molar-refractivity contribution >= 4 is 34.6 Å². The molecule has 0 unspecified atom stereocenters. The van der Waals surface area contributed by atoms with Crippen molar-refractivity contribution in [1.29, 1.82) is 0 Å². The summed E-state index contributed by atoms with van der Waals surface area (Å²) in [4.78, 5) is 24.0. The lowest BCUT2D eigenvalue weighted by Gasteiger charge is -2.05. The van der Waals surface area contributed by atoms with Gasteiger partial charge in [0.2, 0.25) is 5.91 Å². The minimum Gasteiger partial charge on any atom is -0.462 e. The number of ether oxygens (including phenoxy) is 1. The smallest absolute Gasteiger partial charge is 0.338 e. The minimum absolute atomic E-state index is 0.282. The summed E-state index contributed by atoms with van der Waals surface area (Å²) in [7, 11) is 0. The van der Waals surface area contributed by atoms with Crippen LogP contribution in [0.2, 0.25) is 0 Å². The van der Waals surface area contributed by atoms with Gasteiger partial charge in [0.1, 0.15) is 11.3 Å². The fourth-order valence-electron chi connectivity index (χ4n) is 2.69. The molecule has 0 atom stereocenters. The van der Waals surface area contributed by atoms with E-state index < -0.39 is 0 Å². The van der Waals surface area contributed by atoms with E-state index in [0.29, 0.717) is 23.6 Å². The van der Waals surface area contributed by atoms with E-state index in [-0.39, 0.29) is 11.9 Å². The van der Waals surface area contributed by atoms with Gasteiger partial charge < -0.3 is 14.5 Å². The molecule has 0 radical (unpaired) electrons. The van der Waals surface area contributed by atoms with E-state index >= 15 is 0 Å². The maximum absolute atomic E-state index is 12.1. The molecule has 5 nitrogen and oxygen atoms in total. The summed E-state index contributed by atoms with van der Waals surface area (Å²) in [5.74, 6) is -0.0258. The highest BCUT2D eigenvalue weighted by Crippen LogP contribution is 2.21. The molecule has 0 fully saturated rings. The molecule has 28 heavy (non-hydrogen) atoms. The first-order valence-corrected chi connectivity index (χ1v) is 9.31. The SMILES string of the molecule is CCCCOC(=O)c1ccc(NC(=O)C=Cc2cc3cc(C)ccc3o2)cc1. The lowest BCUT2D eigenvalue weighted by molar-refractivity contribution is -0.111. The maximum Gasteiger partial charge on any atom is 0.338 e. The molecule has 0 spiro atoms. The Kier molecular flexibility index (Phi) is 6.27. The van der Waals surface area contributed by atoms with Crippen molar-refractivity contribution in [2.45, 2.75) is 26.7 Å². The minimum atomic E-state index is -0.355. The first-order chi connectivity index (χ1) is 13.5. The molecular formula is C23H23NO4. The van der Waals surface area contributed by atoms with Gasteiger partial charge in [-0.1, -0.05) is 25.0 Å². The van der Waals surface area contributed by atoms with Crippen LogP contribution in [-0.2, 0) is 9.53 Å². The second kappa shape index (κ2) is 9.04. The molecule has 2 aromatic carbocycles. The van der Waals surface area contributed by atoms with Gasteiger partial charge in [-0.2, -0.15) is 0 Å². The third-order valence-corrected chi connectivity index (χ3v) is 4.21. The Balaban J connectivity index is 1.57. The Hall–Kier alpha value is -3.34. The van der Waals surface area contributed by atoms with E-state index in [0.717, 1.165) is 29.4 Å². The van der Waals surface area contributed by atoms with Gasteiger partial charge in [0, 0.05) is 17.1 Å². The van der Waals surface area contributed by atoms with Gasteiger partial charge in [-0.25, -0.2) is 4.79 Å². The second-order valence-corrected chi connectivity index (χ2v) is 6.58. The van der Waals surface area contributed by atoms with E-state index in [1.54, 1.807) is 30.3 Å². The highest BCUT2D eigenvalue weighted by molar-refractivity contribution is 6.02. The topological polar surface area (TPSA) is 68.5 Å². The van der Waals surface area contributed by atoms with Crippen molar-refractivity contribution in [3.8, 4) is 0 Å². The molecule has 3 rings (SSSR count). The van der Waals surface area contributed by atoms with Crippen LogP contribution in [0.15, 0.2) is 59.0 Å². The summed E-state index contributed by atoms with van der Waals surface area (Å²) in [6.07, 6.45) is 4.86. The number of aryl methyl sites for hydroxylation is 1. The van der Waals surface area contributed by atoms with Gasteiger partial charge in [-0.3, -0.25) is 4.79 Å². The predicted octanol–water partition coefficient (Wildman–Crippen LogP) is 5.35. The van der Waals surface area contributed by atoms with Gasteiger partial charge in [-0.05, 0) is 61.9 Å². The summed E-state index contributed by atoms with van der Waals surface area (Å²) >= 11 is 0. The Morgan fingerprint density at radius 2 is 1.89 bits per heavy atom. The van der Waals surface area contributed by atoms with Crippen molar-refractivity contribution in [3.05, 3.63) is 71.5 Å². The number of rotatable bonds is 7. The molecule has 3 aromatic rings. The molecule has 5 heteroatoms. The summed E-state index contributed by atoms with van der Waals surface area (Å²) in [6.45, 7) is 4.47. The molecule has 1 heterocycles. The number of hydrogen-bond donors (Lipinski definition) is 1. The largest absolute Gasteiger partial charge is 0.462 e. The fraction of sp³-hybridized carbons (Fsp3) is 0.217. The van der Waals surface area contributed by atoms with Crippen LogP contribution in [0.5, 0.6) is 0 Å². The Morgan fingerprint density at radius 1 is 1.11 bits per heavy atom. The van der Waals surface area contributed by atoms with Crippen LogP contribution in [0.4, 0.5) is 5.69 Å². The number of amides is 1. The monoisotopic (exact) mass is 377 g/mol. The molecule has 0 aliphatic carbocycles. The van der Waals surface area contributed by atoms with Crippen molar-refractivity contribution < 1.29 is 18.7 Å². The number of furan rings is 1. The van der Waals surface area contributed by atoms with E-state index in [9.17, 15) is 9.59 Å². The quantitative estimate of drug-likeness (QED) is 0.342. The van der Waals surface area contributed by atoms with Crippen LogP contribution in [-0.4, -0.2) is 18.5 Å². The zero-order valence-electron chi connectivity index (χ0n) is 16.0. The molecule has 0 bridgehead atoms. The Bertz CT molecular complexity index is 999. The average Bonchev–Trinajstić information content (AvgIpc) is 3.09. The standard InChI is InChI=1S/C23H23NO4/c1-3-4-13-27-23(26)17-6-8-19(9-7-17)24-22(25)12-10-20-15-18-14-16(2)5-11-21(18)28-20/h5-12,14-15H,3-4,13H2,1-2H3,(H,24,25). The van der Waals surface area contributed by atoms with Crippen LogP contribution in [0.25, 0.3) is 17.0 Å². The lowest BCUT2D eigenvalue weighted by atomic mass is 10.2. The van der Waals surface area contributed by atoms with Crippen molar-refractivity contribution in [3.63, 3.8) is 0 Å². The molecule has 0 saturated heterocycles. The van der Waals surface area contributed by atoms with Crippen LogP contribution in [0.3, 0.4) is 0 Å². The molecule has 1 aromatic heterocycles. The number of carbonyl (C=O) groups excluding carboxylic acids is 2. The van der Waals surface area contributed by atoms with Gasteiger partial charge in [-0.15, -0.1) is 0 Å². The Morgan fingerprint density at radius 3 is 2.64 bits per heavy atom. The van der Waals surface area contributed by atoms with Gasteiger partial charge in [0.25, 0.3) is 0 Å². The normalized spacial score (nSPS) is 11.1. The third kappa shape index (κ3) is 5.10. The molecule has 1 amide bonds. The zero-order chi connectivity index (χ0) is 19.9. The number of unbranched alkanes of at least 4 members (excludes halogenated alkanes) is 1. The number of hydrogen-bond acceptors (Lipinski definition) is 4. The summed E-state index contributed by atoms with van der Waals surface area (Å²) in [5, 5.41) is 3.76. The Labute approximate surface area is 164 Å². The molecule has 0 saturated carbocycles. The fourth-order valence-corrected chi connectivity index (χ4v) is 2.69. The highest BCUT2D eigenvalue weighted by Gasteiger charge is 2.07. The summed E-state index contributed by atoms with van der Waals surface area (Å²) in [5.41, 5.74) is 2.99. The second-order valence-electron chi connectivity index (χ2n) is 6.58. The summed E-state index contributed by atoms with van der Waals surface area (Å²) in [6, 6.07) is 14.4. The first-order valence-electron chi connectivity index (χ1n) is 9.31. The molecule has 0 aliphatic rings. The molecular weight excluding hydrogens is 354 g/mol. The zero-order valence-corrected chi connectivity index (χ0v) is 16.0. The van der Waals surface area contributed by atoms with Crippen molar-refractivity contribution in [2.24, 2.45) is 0 Å². The molecule has 144 valence electrons. The number of esters is 1. The van der Waals surface area contributed by atoms with E-state index in [2.05, 4.69) is 5.32 Å². The number of anilines is 1. The van der Waals surface area contributed by atoms with Crippen LogP contribution < -0.4 is 5.32 Å². The van der Waals surface area contributed by atoms with E-state index in [1.807, 2.05) is 38.1 Å². The maximum atomic E-state index is 12.1. The number of fused-ring (bicyclic) bond motifs is 1. The van der Waals surface area contributed by atoms with Gasteiger partial charge in [0.05, 0.1) is 12.2 Å². The van der Waals surface area contributed by atoms with E-state index in [1.165, 1.54) is 6.08 Å². The number of carbonyl (C=O) groups is 2. The van der Waals surface area contributed by atoms with Gasteiger partial charge >= 0.3 is 5.97 Å². The predicted molar refractivity (Wildman–Crippen MR) is 110 cm³/mol. The summed E-state index contributed by atoms with van der Waals surface area (Å²) < 4.78 is 10.8.